The van der Waals surface area contributed by atoms with E-state index in [9.17, 15) is 9.59 Å². The van der Waals surface area contributed by atoms with Gasteiger partial charge in [0.1, 0.15) is 0 Å². The Kier molecular flexibility index (Phi) is 4.63. The van der Waals surface area contributed by atoms with Gasteiger partial charge in [-0.05, 0) is 35.0 Å². The second-order valence-corrected chi connectivity index (χ2v) is 7.14. The average molecular weight is 363 g/mol. The van der Waals surface area contributed by atoms with E-state index in [1.165, 1.54) is 0 Å². The molecule has 0 aromatic heterocycles. The van der Waals surface area contributed by atoms with Crippen LogP contribution in [-0.2, 0) is 9.53 Å². The van der Waals surface area contributed by atoms with Crippen molar-refractivity contribution in [2.24, 2.45) is 0 Å². The Bertz CT molecular complexity index is 986. The molecule has 0 unspecified atom stereocenters. The molecular weight excluding hydrogens is 346 g/mol. The lowest BCUT2D eigenvalue weighted by atomic mass is 10.1. The standard InChI is InChI=1S/C21H17NO3S/c23-20(22-11-12-26-19-8-4-3-7-18(19)22)14-25-21(24)17-10-9-15-5-1-2-6-16(15)13-17/h1-10,13H,11-12,14H2. The van der Waals surface area contributed by atoms with Crippen molar-refractivity contribution in [1.82, 2.24) is 0 Å². The van der Waals surface area contributed by atoms with Crippen molar-refractivity contribution < 1.29 is 14.3 Å². The first kappa shape index (κ1) is 16.7. The third-order valence-electron chi connectivity index (χ3n) is 4.34. The number of hydrogen-bond donors (Lipinski definition) is 0. The van der Waals surface area contributed by atoms with Crippen molar-refractivity contribution >= 4 is 40.1 Å². The van der Waals surface area contributed by atoms with Gasteiger partial charge < -0.3 is 9.64 Å². The first-order chi connectivity index (χ1) is 12.7. The number of benzene rings is 3. The van der Waals surface area contributed by atoms with Crippen LogP contribution in [0.2, 0.25) is 0 Å². The van der Waals surface area contributed by atoms with Crippen LogP contribution in [-0.4, -0.2) is 30.8 Å². The summed E-state index contributed by atoms with van der Waals surface area (Å²) in [5, 5.41) is 2.03. The number of thioether (sulfide) groups is 1. The number of rotatable bonds is 3. The van der Waals surface area contributed by atoms with Gasteiger partial charge in [-0.1, -0.05) is 42.5 Å². The fraction of sp³-hybridized carbons (Fsp3) is 0.143. The largest absolute Gasteiger partial charge is 0.452 e. The van der Waals surface area contributed by atoms with Crippen LogP contribution >= 0.6 is 11.8 Å². The molecule has 3 aromatic carbocycles. The highest BCUT2D eigenvalue weighted by Gasteiger charge is 2.23. The van der Waals surface area contributed by atoms with E-state index in [0.717, 1.165) is 27.1 Å². The maximum Gasteiger partial charge on any atom is 0.338 e. The molecule has 130 valence electrons. The molecule has 0 saturated heterocycles. The van der Waals surface area contributed by atoms with Crippen molar-refractivity contribution in [2.45, 2.75) is 4.90 Å². The van der Waals surface area contributed by atoms with Gasteiger partial charge in [0, 0.05) is 17.2 Å². The van der Waals surface area contributed by atoms with Crippen LogP contribution in [0.5, 0.6) is 0 Å². The SMILES string of the molecule is O=C(OCC(=O)N1CCSc2ccccc21)c1ccc2ccccc2c1. The number of anilines is 1. The predicted molar refractivity (Wildman–Crippen MR) is 104 cm³/mol. The van der Waals surface area contributed by atoms with Crippen molar-refractivity contribution in [3.63, 3.8) is 0 Å². The lowest BCUT2D eigenvalue weighted by Gasteiger charge is -2.28. The molecule has 0 saturated carbocycles. The zero-order valence-corrected chi connectivity index (χ0v) is 14.9. The molecule has 0 fully saturated rings. The Morgan fingerprint density at radius 1 is 0.962 bits per heavy atom. The zero-order valence-electron chi connectivity index (χ0n) is 14.1. The molecule has 0 atom stereocenters. The first-order valence-electron chi connectivity index (χ1n) is 8.40. The van der Waals surface area contributed by atoms with E-state index < -0.39 is 5.97 Å². The second-order valence-electron chi connectivity index (χ2n) is 6.00. The Balaban J connectivity index is 1.45. The lowest BCUT2D eigenvalue weighted by molar-refractivity contribution is -0.121. The van der Waals surface area contributed by atoms with Crippen LogP contribution in [0, 0.1) is 0 Å². The minimum absolute atomic E-state index is 0.202. The summed E-state index contributed by atoms with van der Waals surface area (Å²) in [5.74, 6) is 0.150. The molecule has 4 rings (SSSR count). The van der Waals surface area contributed by atoms with Gasteiger partial charge in [0.25, 0.3) is 5.91 Å². The summed E-state index contributed by atoms with van der Waals surface area (Å²) in [7, 11) is 0. The van der Waals surface area contributed by atoms with Crippen molar-refractivity contribution in [3.8, 4) is 0 Å². The third-order valence-corrected chi connectivity index (χ3v) is 5.38. The monoisotopic (exact) mass is 363 g/mol. The minimum Gasteiger partial charge on any atom is -0.452 e. The van der Waals surface area contributed by atoms with Gasteiger partial charge >= 0.3 is 5.97 Å². The number of para-hydroxylation sites is 1. The average Bonchev–Trinajstić information content (AvgIpc) is 2.71. The van der Waals surface area contributed by atoms with Gasteiger partial charge in [0.15, 0.2) is 6.61 Å². The van der Waals surface area contributed by atoms with E-state index >= 15 is 0 Å². The van der Waals surface area contributed by atoms with E-state index in [-0.39, 0.29) is 12.5 Å². The van der Waals surface area contributed by atoms with Crippen molar-refractivity contribution in [1.29, 1.82) is 0 Å². The number of fused-ring (bicyclic) bond motifs is 2. The van der Waals surface area contributed by atoms with E-state index in [1.807, 2.05) is 54.6 Å². The van der Waals surface area contributed by atoms with Gasteiger partial charge in [-0.25, -0.2) is 4.79 Å². The molecule has 4 nitrogen and oxygen atoms in total. The van der Waals surface area contributed by atoms with Gasteiger partial charge in [-0.2, -0.15) is 0 Å². The molecule has 1 aliphatic rings. The second kappa shape index (κ2) is 7.22. The van der Waals surface area contributed by atoms with Crippen molar-refractivity contribution in [2.75, 3.05) is 23.8 Å². The number of nitrogens with zero attached hydrogens (tertiary/aromatic N) is 1. The molecule has 0 radical (unpaired) electrons. The van der Waals surface area contributed by atoms with Crippen LogP contribution in [0.25, 0.3) is 10.8 Å². The normalized spacial score (nSPS) is 13.3. The quantitative estimate of drug-likeness (QED) is 0.656. The van der Waals surface area contributed by atoms with Gasteiger partial charge in [0.05, 0.1) is 11.3 Å². The number of hydrogen-bond acceptors (Lipinski definition) is 4. The fourth-order valence-electron chi connectivity index (χ4n) is 3.03. The highest BCUT2D eigenvalue weighted by molar-refractivity contribution is 7.99. The van der Waals surface area contributed by atoms with E-state index in [4.69, 9.17) is 4.74 Å². The smallest absolute Gasteiger partial charge is 0.338 e. The highest BCUT2D eigenvalue weighted by atomic mass is 32.2. The highest BCUT2D eigenvalue weighted by Crippen LogP contribution is 2.34. The van der Waals surface area contributed by atoms with Gasteiger partial charge in [0.2, 0.25) is 0 Å². The Labute approximate surface area is 155 Å². The van der Waals surface area contributed by atoms with E-state index in [0.29, 0.717) is 12.1 Å². The van der Waals surface area contributed by atoms with Crippen molar-refractivity contribution in [3.05, 3.63) is 72.3 Å². The number of carbonyl (C=O) groups excluding carboxylic acids is 2. The molecule has 0 aliphatic carbocycles. The Morgan fingerprint density at radius 3 is 2.62 bits per heavy atom. The summed E-state index contributed by atoms with van der Waals surface area (Å²) in [6.07, 6.45) is 0. The van der Waals surface area contributed by atoms with E-state index in [2.05, 4.69) is 0 Å². The summed E-state index contributed by atoms with van der Waals surface area (Å²) < 4.78 is 5.27. The molecule has 5 heteroatoms. The molecule has 1 aliphatic heterocycles. The van der Waals surface area contributed by atoms with Crippen LogP contribution in [0.1, 0.15) is 10.4 Å². The van der Waals surface area contributed by atoms with Crippen LogP contribution in [0.4, 0.5) is 5.69 Å². The van der Waals surface area contributed by atoms with Crippen LogP contribution in [0.15, 0.2) is 71.6 Å². The third kappa shape index (κ3) is 3.30. The topological polar surface area (TPSA) is 46.6 Å². The number of esters is 1. The minimum atomic E-state index is -0.483. The van der Waals surface area contributed by atoms with Crippen LogP contribution in [0.3, 0.4) is 0 Å². The molecule has 3 aromatic rings. The van der Waals surface area contributed by atoms with E-state index in [1.54, 1.807) is 28.8 Å². The summed E-state index contributed by atoms with van der Waals surface area (Å²) in [6, 6.07) is 21.0. The molecule has 26 heavy (non-hydrogen) atoms. The zero-order chi connectivity index (χ0) is 17.9. The molecule has 1 heterocycles. The summed E-state index contributed by atoms with van der Waals surface area (Å²) in [4.78, 5) is 27.6. The lowest BCUT2D eigenvalue weighted by Crippen LogP contribution is -2.38. The Morgan fingerprint density at radius 2 is 1.73 bits per heavy atom. The number of carbonyl (C=O) groups is 2. The van der Waals surface area contributed by atoms with Gasteiger partial charge in [-0.3, -0.25) is 4.79 Å². The first-order valence-corrected chi connectivity index (χ1v) is 9.39. The van der Waals surface area contributed by atoms with Gasteiger partial charge in [-0.15, -0.1) is 11.8 Å². The molecular formula is C21H17NO3S. The number of amides is 1. The number of ether oxygens (including phenoxy) is 1. The summed E-state index contributed by atoms with van der Waals surface area (Å²) in [5.41, 5.74) is 1.33. The summed E-state index contributed by atoms with van der Waals surface area (Å²) >= 11 is 1.73. The maximum atomic E-state index is 12.5. The fourth-order valence-corrected chi connectivity index (χ4v) is 4.03. The molecule has 0 spiro atoms. The molecule has 1 amide bonds. The van der Waals surface area contributed by atoms with Crippen LogP contribution < -0.4 is 4.90 Å². The summed E-state index contributed by atoms with van der Waals surface area (Å²) in [6.45, 7) is 0.360. The predicted octanol–water partition coefficient (Wildman–Crippen LogP) is 4.14. The Hall–Kier alpha value is -2.79. The molecule has 0 N–H and O–H groups in total. The molecule has 0 bridgehead atoms. The maximum absolute atomic E-state index is 12.5.